The average molecular weight is 278 g/mol. The molecule has 0 aromatic rings. The van der Waals surface area contributed by atoms with Gasteiger partial charge in [0, 0.05) is 31.7 Å². The Balaban J connectivity index is 1.70. The fourth-order valence-electron chi connectivity index (χ4n) is 4.57. The summed E-state index contributed by atoms with van der Waals surface area (Å²) in [7, 11) is 0. The molecule has 3 aliphatic rings. The Morgan fingerprint density at radius 2 is 1.80 bits per heavy atom. The largest absolute Gasteiger partial charge is 0.298 e. The molecule has 116 valence electrons. The highest BCUT2D eigenvalue weighted by atomic mass is 15.3. The van der Waals surface area contributed by atoms with Crippen LogP contribution in [0.3, 0.4) is 0 Å². The van der Waals surface area contributed by atoms with Crippen molar-refractivity contribution in [2.75, 3.05) is 26.2 Å². The lowest BCUT2D eigenvalue weighted by atomic mass is 9.87. The van der Waals surface area contributed by atoms with E-state index in [0.717, 1.165) is 23.9 Å². The molecule has 2 aliphatic heterocycles. The minimum absolute atomic E-state index is 0.671. The second kappa shape index (κ2) is 5.61. The Morgan fingerprint density at radius 3 is 2.40 bits per heavy atom. The first-order chi connectivity index (χ1) is 9.52. The minimum Gasteiger partial charge on any atom is -0.298 e. The second-order valence-corrected chi connectivity index (χ2v) is 8.40. The lowest BCUT2D eigenvalue weighted by Crippen LogP contribution is -2.62. The predicted molar refractivity (Wildman–Crippen MR) is 85.9 cm³/mol. The molecule has 1 aliphatic carbocycles. The molecule has 20 heavy (non-hydrogen) atoms. The molecule has 2 unspecified atom stereocenters. The van der Waals surface area contributed by atoms with Crippen molar-refractivity contribution in [3.63, 3.8) is 0 Å². The van der Waals surface area contributed by atoms with Gasteiger partial charge >= 0.3 is 0 Å². The molecule has 0 radical (unpaired) electrons. The van der Waals surface area contributed by atoms with Crippen LogP contribution < -0.4 is 0 Å². The number of nitrogens with zero attached hydrogens (tertiary/aromatic N) is 2. The van der Waals surface area contributed by atoms with Crippen LogP contribution in [0.1, 0.15) is 59.8 Å². The van der Waals surface area contributed by atoms with E-state index < -0.39 is 0 Å². The molecule has 2 saturated heterocycles. The molecule has 0 amide bonds. The molecule has 0 aromatic carbocycles. The number of fused-ring (bicyclic) bond motifs is 1. The van der Waals surface area contributed by atoms with E-state index in [0.29, 0.717) is 5.41 Å². The molecular weight excluding hydrogens is 244 g/mol. The number of piperazine rings is 1. The van der Waals surface area contributed by atoms with Gasteiger partial charge in [0.1, 0.15) is 0 Å². The van der Waals surface area contributed by atoms with Crippen LogP contribution in [0.2, 0.25) is 0 Å². The predicted octanol–water partition coefficient (Wildman–Crippen LogP) is 3.62. The molecule has 2 heteroatoms. The van der Waals surface area contributed by atoms with Crippen molar-refractivity contribution in [1.29, 1.82) is 0 Å². The fraction of sp³-hybridized carbons (Fsp3) is 1.00. The Labute approximate surface area is 125 Å². The molecule has 0 aromatic heterocycles. The quantitative estimate of drug-likeness (QED) is 0.775. The van der Waals surface area contributed by atoms with Gasteiger partial charge in [-0.15, -0.1) is 0 Å². The average Bonchev–Trinajstić information content (AvgIpc) is 3.18. The van der Waals surface area contributed by atoms with Crippen molar-refractivity contribution >= 4 is 0 Å². The molecule has 0 spiro atoms. The lowest BCUT2D eigenvalue weighted by molar-refractivity contribution is -0.0208. The van der Waals surface area contributed by atoms with Crippen molar-refractivity contribution in [1.82, 2.24) is 9.80 Å². The molecule has 0 bridgehead atoms. The maximum Gasteiger partial charge on any atom is 0.0247 e. The summed E-state index contributed by atoms with van der Waals surface area (Å²) in [5.41, 5.74) is 0.671. The van der Waals surface area contributed by atoms with Crippen LogP contribution in [0, 0.1) is 17.3 Å². The number of rotatable bonds is 4. The highest BCUT2D eigenvalue weighted by molar-refractivity contribution is 5.01. The molecule has 1 saturated carbocycles. The monoisotopic (exact) mass is 278 g/mol. The first kappa shape index (κ1) is 14.8. The Morgan fingerprint density at radius 1 is 1.05 bits per heavy atom. The maximum absolute atomic E-state index is 2.89. The first-order valence-corrected chi connectivity index (χ1v) is 9.00. The van der Waals surface area contributed by atoms with Crippen LogP contribution in [0.15, 0.2) is 0 Å². The zero-order valence-electron chi connectivity index (χ0n) is 14.1. The van der Waals surface area contributed by atoms with Crippen molar-refractivity contribution in [3.8, 4) is 0 Å². The number of piperidine rings is 1. The smallest absolute Gasteiger partial charge is 0.0247 e. The third-order valence-corrected chi connectivity index (χ3v) is 6.49. The van der Waals surface area contributed by atoms with Gasteiger partial charge in [-0.3, -0.25) is 9.80 Å². The van der Waals surface area contributed by atoms with E-state index in [9.17, 15) is 0 Å². The summed E-state index contributed by atoms with van der Waals surface area (Å²) in [6.45, 7) is 15.1. The second-order valence-electron chi connectivity index (χ2n) is 8.40. The summed E-state index contributed by atoms with van der Waals surface area (Å²) >= 11 is 0. The molecule has 2 heterocycles. The van der Waals surface area contributed by atoms with Gasteiger partial charge in [0.2, 0.25) is 0 Å². The Kier molecular flexibility index (Phi) is 4.16. The van der Waals surface area contributed by atoms with E-state index in [1.54, 1.807) is 0 Å². The molecule has 3 rings (SSSR count). The van der Waals surface area contributed by atoms with E-state index >= 15 is 0 Å². The fourth-order valence-corrected chi connectivity index (χ4v) is 4.57. The van der Waals surface area contributed by atoms with Crippen LogP contribution in [-0.2, 0) is 0 Å². The van der Waals surface area contributed by atoms with E-state index in [1.807, 2.05) is 0 Å². The topological polar surface area (TPSA) is 6.48 Å². The summed E-state index contributed by atoms with van der Waals surface area (Å²) in [6.07, 6.45) is 7.27. The van der Waals surface area contributed by atoms with Gasteiger partial charge in [-0.25, -0.2) is 0 Å². The van der Waals surface area contributed by atoms with Crippen LogP contribution in [0.25, 0.3) is 0 Å². The molecule has 3 fully saturated rings. The van der Waals surface area contributed by atoms with Gasteiger partial charge in [-0.1, -0.05) is 34.1 Å². The van der Waals surface area contributed by atoms with E-state index in [4.69, 9.17) is 0 Å². The van der Waals surface area contributed by atoms with E-state index in [2.05, 4.69) is 37.5 Å². The van der Waals surface area contributed by atoms with Crippen LogP contribution in [0.5, 0.6) is 0 Å². The van der Waals surface area contributed by atoms with Crippen molar-refractivity contribution in [2.45, 2.75) is 71.9 Å². The highest BCUT2D eigenvalue weighted by Gasteiger charge is 2.48. The van der Waals surface area contributed by atoms with Gasteiger partial charge in [-0.05, 0) is 49.5 Å². The normalized spacial score (nSPS) is 34.5. The van der Waals surface area contributed by atoms with E-state index in [1.165, 1.54) is 58.3 Å². The van der Waals surface area contributed by atoms with Crippen molar-refractivity contribution in [3.05, 3.63) is 0 Å². The molecular formula is C18H34N2. The van der Waals surface area contributed by atoms with Crippen LogP contribution >= 0.6 is 0 Å². The molecule has 0 N–H and O–H groups in total. The van der Waals surface area contributed by atoms with Gasteiger partial charge < -0.3 is 0 Å². The zero-order chi connectivity index (χ0) is 14.3. The Hall–Kier alpha value is -0.0800. The van der Waals surface area contributed by atoms with Gasteiger partial charge in [0.15, 0.2) is 0 Å². The maximum atomic E-state index is 2.89. The van der Waals surface area contributed by atoms with Crippen LogP contribution in [-0.4, -0.2) is 48.1 Å². The molecule has 2 nitrogen and oxygen atoms in total. The standard InChI is InChI=1S/C18H34N2/c1-14(2)17-12-19-10-6-5-7-16(19)11-20(17)13-18(8-9-18)15(3)4/h14-17H,5-13H2,1-4H3. The number of hydrogen-bond acceptors (Lipinski definition) is 2. The third kappa shape index (κ3) is 2.78. The highest BCUT2D eigenvalue weighted by Crippen LogP contribution is 2.53. The molecule has 2 atom stereocenters. The summed E-state index contributed by atoms with van der Waals surface area (Å²) in [4.78, 5) is 5.70. The first-order valence-electron chi connectivity index (χ1n) is 9.00. The SMILES string of the molecule is CC(C)C1CN2CCCCC2CN1CC1(C(C)C)CC1. The van der Waals surface area contributed by atoms with Gasteiger partial charge in [-0.2, -0.15) is 0 Å². The lowest BCUT2D eigenvalue weighted by Gasteiger charge is -2.51. The van der Waals surface area contributed by atoms with Crippen molar-refractivity contribution in [2.24, 2.45) is 17.3 Å². The summed E-state index contributed by atoms with van der Waals surface area (Å²) < 4.78 is 0. The summed E-state index contributed by atoms with van der Waals surface area (Å²) in [5.74, 6) is 1.65. The number of hydrogen-bond donors (Lipinski definition) is 0. The Bertz CT molecular complexity index is 332. The third-order valence-electron chi connectivity index (χ3n) is 6.49. The van der Waals surface area contributed by atoms with Gasteiger partial charge in [0.05, 0.1) is 0 Å². The van der Waals surface area contributed by atoms with E-state index in [-0.39, 0.29) is 0 Å². The minimum atomic E-state index is 0.671. The zero-order valence-corrected chi connectivity index (χ0v) is 14.1. The van der Waals surface area contributed by atoms with Crippen molar-refractivity contribution < 1.29 is 0 Å². The summed E-state index contributed by atoms with van der Waals surface area (Å²) in [5, 5.41) is 0. The van der Waals surface area contributed by atoms with Gasteiger partial charge in [0.25, 0.3) is 0 Å². The van der Waals surface area contributed by atoms with Crippen LogP contribution in [0.4, 0.5) is 0 Å². The summed E-state index contributed by atoms with van der Waals surface area (Å²) in [6, 6.07) is 1.65.